The van der Waals surface area contributed by atoms with Gasteiger partial charge in [-0.15, -0.1) is 11.3 Å². The van der Waals surface area contributed by atoms with Crippen LogP contribution in [0.2, 0.25) is 0 Å². The third kappa shape index (κ3) is 3.19. The van der Waals surface area contributed by atoms with Gasteiger partial charge in [-0.3, -0.25) is 4.79 Å². The maximum atomic E-state index is 12.7. The van der Waals surface area contributed by atoms with Gasteiger partial charge in [0.05, 0.1) is 23.9 Å². The monoisotopic (exact) mass is 304 g/mol. The van der Waals surface area contributed by atoms with Crippen molar-refractivity contribution in [3.05, 3.63) is 46.2 Å². The van der Waals surface area contributed by atoms with Gasteiger partial charge in [-0.25, -0.2) is 0 Å². The molecule has 1 unspecified atom stereocenters. The van der Waals surface area contributed by atoms with E-state index in [1.165, 1.54) is 0 Å². The number of nitrogen functional groups attached to an aromatic ring is 1. The minimum absolute atomic E-state index is 0.00778. The van der Waals surface area contributed by atoms with E-state index in [2.05, 4.69) is 0 Å². The molecule has 112 valence electrons. The molecule has 1 atom stereocenters. The maximum Gasteiger partial charge on any atom is 0.257 e. The Morgan fingerprint density at radius 3 is 2.76 bits per heavy atom. The lowest BCUT2D eigenvalue weighted by molar-refractivity contribution is 0.0741. The highest BCUT2D eigenvalue weighted by atomic mass is 32.1. The molecule has 0 aliphatic rings. The molecule has 0 spiro atoms. The van der Waals surface area contributed by atoms with Crippen molar-refractivity contribution in [3.63, 3.8) is 0 Å². The largest absolute Gasteiger partial charge is 0.491 e. The van der Waals surface area contributed by atoms with Gasteiger partial charge in [0.2, 0.25) is 0 Å². The number of anilines is 1. The van der Waals surface area contributed by atoms with Crippen LogP contribution in [0.25, 0.3) is 0 Å². The first-order valence-corrected chi connectivity index (χ1v) is 7.76. The van der Waals surface area contributed by atoms with Crippen molar-refractivity contribution in [2.75, 3.05) is 19.4 Å². The number of thiophene rings is 1. The number of nitrogens with two attached hydrogens (primary N) is 1. The van der Waals surface area contributed by atoms with Crippen LogP contribution in [0.4, 0.5) is 5.69 Å². The molecule has 1 amide bonds. The molecule has 0 aliphatic carbocycles. The first-order chi connectivity index (χ1) is 10.1. The van der Waals surface area contributed by atoms with Crippen LogP contribution < -0.4 is 10.5 Å². The zero-order chi connectivity index (χ0) is 15.4. The summed E-state index contributed by atoms with van der Waals surface area (Å²) in [5, 5.41) is 2.01. The van der Waals surface area contributed by atoms with Crippen molar-refractivity contribution in [2.45, 2.75) is 19.9 Å². The Morgan fingerprint density at radius 1 is 1.38 bits per heavy atom. The molecule has 0 radical (unpaired) electrons. The van der Waals surface area contributed by atoms with E-state index in [1.807, 2.05) is 31.4 Å². The SMILES string of the molecule is CCOc1c(N)cccc1C(=O)N(C)C(C)c1cccs1. The van der Waals surface area contributed by atoms with E-state index in [0.717, 1.165) is 4.88 Å². The predicted octanol–water partition coefficient (Wildman–Crippen LogP) is 3.56. The van der Waals surface area contributed by atoms with Crippen LogP contribution in [0.1, 0.15) is 35.1 Å². The topological polar surface area (TPSA) is 55.6 Å². The Balaban J connectivity index is 2.29. The van der Waals surface area contributed by atoms with Gasteiger partial charge < -0.3 is 15.4 Å². The number of carbonyl (C=O) groups excluding carboxylic acids is 1. The molecular weight excluding hydrogens is 284 g/mol. The molecule has 21 heavy (non-hydrogen) atoms. The number of carbonyl (C=O) groups is 1. The second-order valence-corrected chi connectivity index (χ2v) is 5.74. The Morgan fingerprint density at radius 2 is 2.14 bits per heavy atom. The molecule has 4 nitrogen and oxygen atoms in total. The number of nitrogens with zero attached hydrogens (tertiary/aromatic N) is 1. The standard InChI is InChI=1S/C16H20N2O2S/c1-4-20-15-12(7-5-8-13(15)17)16(19)18(3)11(2)14-9-6-10-21-14/h5-11H,4,17H2,1-3H3. The lowest BCUT2D eigenvalue weighted by atomic mass is 10.1. The number of ether oxygens (including phenoxy) is 1. The molecule has 0 aliphatic heterocycles. The smallest absolute Gasteiger partial charge is 0.257 e. The van der Waals surface area contributed by atoms with E-state index in [-0.39, 0.29) is 11.9 Å². The minimum Gasteiger partial charge on any atom is -0.491 e. The Hall–Kier alpha value is -2.01. The Bertz CT molecular complexity index is 611. The molecule has 0 saturated carbocycles. The van der Waals surface area contributed by atoms with E-state index in [4.69, 9.17) is 10.5 Å². The summed E-state index contributed by atoms with van der Waals surface area (Å²) in [5.41, 5.74) is 6.91. The van der Waals surface area contributed by atoms with Gasteiger partial charge in [0.1, 0.15) is 0 Å². The van der Waals surface area contributed by atoms with Crippen LogP contribution in [0.3, 0.4) is 0 Å². The highest BCUT2D eigenvalue weighted by molar-refractivity contribution is 7.10. The highest BCUT2D eigenvalue weighted by Crippen LogP contribution is 2.30. The molecular formula is C16H20N2O2S. The summed E-state index contributed by atoms with van der Waals surface area (Å²) in [6.45, 7) is 4.35. The van der Waals surface area contributed by atoms with E-state index in [9.17, 15) is 4.79 Å². The van der Waals surface area contributed by atoms with Gasteiger partial charge in [0.25, 0.3) is 5.91 Å². The molecule has 2 rings (SSSR count). The van der Waals surface area contributed by atoms with Crippen molar-refractivity contribution in [1.82, 2.24) is 4.90 Å². The van der Waals surface area contributed by atoms with Crippen LogP contribution in [-0.4, -0.2) is 24.5 Å². The summed E-state index contributed by atoms with van der Waals surface area (Å²) < 4.78 is 5.54. The summed E-state index contributed by atoms with van der Waals surface area (Å²) in [5.74, 6) is 0.377. The van der Waals surface area contributed by atoms with E-state index >= 15 is 0 Å². The molecule has 1 aromatic heterocycles. The quantitative estimate of drug-likeness (QED) is 0.859. The third-order valence-electron chi connectivity index (χ3n) is 3.42. The molecule has 2 N–H and O–H groups in total. The molecule has 1 heterocycles. The second-order valence-electron chi connectivity index (χ2n) is 4.76. The van der Waals surface area contributed by atoms with Crippen molar-refractivity contribution >= 4 is 22.9 Å². The summed E-state index contributed by atoms with van der Waals surface area (Å²) >= 11 is 1.64. The number of benzene rings is 1. The van der Waals surface area contributed by atoms with Crippen molar-refractivity contribution in [2.24, 2.45) is 0 Å². The first kappa shape index (κ1) is 15.4. The van der Waals surface area contributed by atoms with Gasteiger partial charge in [-0.1, -0.05) is 12.1 Å². The van der Waals surface area contributed by atoms with Crippen LogP contribution >= 0.6 is 11.3 Å². The van der Waals surface area contributed by atoms with Crippen LogP contribution in [-0.2, 0) is 0 Å². The first-order valence-electron chi connectivity index (χ1n) is 6.88. The fourth-order valence-electron chi connectivity index (χ4n) is 2.11. The van der Waals surface area contributed by atoms with Gasteiger partial charge in [-0.2, -0.15) is 0 Å². The van der Waals surface area contributed by atoms with Crippen molar-refractivity contribution in [3.8, 4) is 5.75 Å². The van der Waals surface area contributed by atoms with E-state index < -0.39 is 0 Å². The van der Waals surface area contributed by atoms with Gasteiger partial charge in [-0.05, 0) is 37.4 Å². The van der Waals surface area contributed by atoms with Crippen LogP contribution in [0.5, 0.6) is 5.75 Å². The number of para-hydroxylation sites is 1. The molecule has 0 fully saturated rings. The molecule has 2 aromatic rings. The normalized spacial score (nSPS) is 12.0. The zero-order valence-corrected chi connectivity index (χ0v) is 13.3. The number of rotatable bonds is 5. The summed E-state index contributed by atoms with van der Waals surface area (Å²) in [7, 11) is 1.80. The summed E-state index contributed by atoms with van der Waals surface area (Å²) in [6, 6.07) is 9.29. The van der Waals surface area contributed by atoms with Gasteiger partial charge in [0.15, 0.2) is 5.75 Å². The summed E-state index contributed by atoms with van der Waals surface area (Å²) in [6.07, 6.45) is 0. The van der Waals surface area contributed by atoms with Crippen molar-refractivity contribution in [1.29, 1.82) is 0 Å². The lowest BCUT2D eigenvalue weighted by Gasteiger charge is -2.25. The number of amides is 1. The zero-order valence-electron chi connectivity index (χ0n) is 12.5. The lowest BCUT2D eigenvalue weighted by Crippen LogP contribution is -2.29. The highest BCUT2D eigenvalue weighted by Gasteiger charge is 2.23. The van der Waals surface area contributed by atoms with Gasteiger partial charge in [0, 0.05) is 11.9 Å². The number of hydrogen-bond acceptors (Lipinski definition) is 4. The molecule has 5 heteroatoms. The van der Waals surface area contributed by atoms with Crippen LogP contribution in [0.15, 0.2) is 35.7 Å². The molecule has 0 saturated heterocycles. The predicted molar refractivity (Wildman–Crippen MR) is 86.9 cm³/mol. The van der Waals surface area contributed by atoms with Gasteiger partial charge >= 0.3 is 0 Å². The Kier molecular flexibility index (Phi) is 4.85. The van der Waals surface area contributed by atoms with E-state index in [1.54, 1.807) is 41.5 Å². The second kappa shape index (κ2) is 6.63. The third-order valence-corrected chi connectivity index (χ3v) is 4.46. The Labute approximate surface area is 129 Å². The molecule has 1 aromatic carbocycles. The average molecular weight is 304 g/mol. The fraction of sp³-hybridized carbons (Fsp3) is 0.312. The molecule has 0 bridgehead atoms. The van der Waals surface area contributed by atoms with E-state index in [0.29, 0.717) is 23.6 Å². The summed E-state index contributed by atoms with van der Waals surface area (Å²) in [4.78, 5) is 15.6. The maximum absolute atomic E-state index is 12.7. The van der Waals surface area contributed by atoms with Crippen molar-refractivity contribution < 1.29 is 9.53 Å². The average Bonchev–Trinajstić information content (AvgIpc) is 3.01. The van der Waals surface area contributed by atoms with Crippen LogP contribution in [0, 0.1) is 0 Å². The fourth-order valence-corrected chi connectivity index (χ4v) is 2.94. The minimum atomic E-state index is -0.0911. The number of hydrogen-bond donors (Lipinski definition) is 1.